The van der Waals surface area contributed by atoms with E-state index >= 15 is 0 Å². The third-order valence-corrected chi connectivity index (χ3v) is 3.73. The summed E-state index contributed by atoms with van der Waals surface area (Å²) in [5, 5.41) is 2.79. The summed E-state index contributed by atoms with van der Waals surface area (Å²) in [7, 11) is 0. The van der Waals surface area contributed by atoms with Gasteiger partial charge in [-0.2, -0.15) is 13.2 Å². The molecular weight excluding hydrogens is 349 g/mol. The number of carbonyl (C=O) groups excluding carboxylic acids is 2. The fourth-order valence-electron chi connectivity index (χ4n) is 2.46. The summed E-state index contributed by atoms with van der Waals surface area (Å²) in [5.41, 5.74) is -0.215. The van der Waals surface area contributed by atoms with Crippen LogP contribution in [0.25, 0.3) is 0 Å². The Morgan fingerprint density at radius 2 is 1.83 bits per heavy atom. The smallest absolute Gasteiger partial charge is 0.451 e. The molecule has 9 heteroatoms. The van der Waals surface area contributed by atoms with Crippen LogP contribution in [0.3, 0.4) is 0 Å². The Labute approximate surface area is 139 Å². The molecule has 1 saturated heterocycles. The number of aryl methyl sites for hydroxylation is 1. The van der Waals surface area contributed by atoms with Crippen LogP contribution in [0, 0.1) is 6.92 Å². The van der Waals surface area contributed by atoms with Gasteiger partial charge in [-0.05, 0) is 24.6 Å². The summed E-state index contributed by atoms with van der Waals surface area (Å²) >= 11 is 5.76. The molecular formula is C15H10ClF3N2O3. The minimum Gasteiger partial charge on any atom is -0.455 e. The number of alkyl halides is 3. The molecule has 1 atom stereocenters. The number of furan rings is 1. The van der Waals surface area contributed by atoms with Crippen LogP contribution < -0.4 is 10.2 Å². The van der Waals surface area contributed by atoms with Crippen molar-refractivity contribution in [3.05, 3.63) is 52.4 Å². The van der Waals surface area contributed by atoms with Crippen molar-refractivity contribution in [2.75, 3.05) is 4.90 Å². The highest BCUT2D eigenvalue weighted by atomic mass is 35.5. The van der Waals surface area contributed by atoms with Crippen LogP contribution in [-0.4, -0.2) is 11.9 Å². The number of rotatable bonds is 2. The minimum atomic E-state index is -4.83. The molecule has 0 saturated carbocycles. The Kier molecular flexibility index (Phi) is 3.79. The number of amides is 3. The highest BCUT2D eigenvalue weighted by molar-refractivity contribution is 6.30. The minimum absolute atomic E-state index is 0.0622. The number of nitrogens with one attached hydrogen (secondary N) is 1. The van der Waals surface area contributed by atoms with Gasteiger partial charge in [0.25, 0.3) is 5.91 Å². The molecule has 1 unspecified atom stereocenters. The predicted octanol–water partition coefficient (Wildman–Crippen LogP) is 4.06. The van der Waals surface area contributed by atoms with Crippen molar-refractivity contribution in [2.45, 2.75) is 19.1 Å². The first-order valence-electron chi connectivity index (χ1n) is 6.76. The maximum Gasteiger partial charge on any atom is 0.451 e. The largest absolute Gasteiger partial charge is 0.455 e. The number of carbonyl (C=O) groups is 2. The fourth-order valence-corrected chi connectivity index (χ4v) is 2.58. The summed E-state index contributed by atoms with van der Waals surface area (Å²) in [5.74, 6) is -2.28. The van der Waals surface area contributed by atoms with E-state index in [0.717, 1.165) is 6.07 Å². The van der Waals surface area contributed by atoms with Gasteiger partial charge in [0.1, 0.15) is 17.5 Å². The third-order valence-electron chi connectivity index (χ3n) is 3.48. The van der Waals surface area contributed by atoms with Gasteiger partial charge < -0.3 is 9.73 Å². The lowest BCUT2D eigenvalue weighted by Crippen LogP contribution is -2.32. The molecule has 126 valence electrons. The maximum absolute atomic E-state index is 13.1. The zero-order valence-electron chi connectivity index (χ0n) is 12.1. The second-order valence-corrected chi connectivity index (χ2v) is 5.61. The average molecular weight is 359 g/mol. The van der Waals surface area contributed by atoms with Gasteiger partial charge in [0.2, 0.25) is 5.76 Å². The number of benzene rings is 1. The molecule has 0 aliphatic carbocycles. The van der Waals surface area contributed by atoms with E-state index in [1.807, 2.05) is 0 Å². The summed E-state index contributed by atoms with van der Waals surface area (Å²) in [6.45, 7) is 1.30. The Bertz CT molecular complexity index is 814. The maximum atomic E-state index is 13.1. The molecule has 1 aromatic carbocycles. The van der Waals surface area contributed by atoms with Crippen molar-refractivity contribution in [2.24, 2.45) is 0 Å². The number of halogens is 4. The summed E-state index contributed by atoms with van der Waals surface area (Å²) in [4.78, 5) is 25.0. The lowest BCUT2D eigenvalue weighted by atomic mass is 10.1. The van der Waals surface area contributed by atoms with Crippen LogP contribution in [0.4, 0.5) is 23.7 Å². The van der Waals surface area contributed by atoms with Gasteiger partial charge >= 0.3 is 12.2 Å². The Morgan fingerprint density at radius 3 is 2.42 bits per heavy atom. The first kappa shape index (κ1) is 16.4. The van der Waals surface area contributed by atoms with Crippen molar-refractivity contribution < 1.29 is 27.2 Å². The second kappa shape index (κ2) is 5.55. The first-order chi connectivity index (χ1) is 11.2. The van der Waals surface area contributed by atoms with Crippen molar-refractivity contribution >= 4 is 29.2 Å². The van der Waals surface area contributed by atoms with Crippen molar-refractivity contribution in [1.82, 2.24) is 5.32 Å². The van der Waals surface area contributed by atoms with E-state index in [2.05, 4.69) is 9.73 Å². The third kappa shape index (κ3) is 2.73. The predicted molar refractivity (Wildman–Crippen MR) is 78.7 cm³/mol. The fraction of sp³-hybridized carbons (Fsp3) is 0.200. The molecule has 1 N–H and O–H groups in total. The second-order valence-electron chi connectivity index (χ2n) is 5.18. The van der Waals surface area contributed by atoms with Crippen LogP contribution in [-0.2, 0) is 11.0 Å². The zero-order valence-corrected chi connectivity index (χ0v) is 12.9. The lowest BCUT2D eigenvalue weighted by molar-refractivity contribution is -0.152. The Morgan fingerprint density at radius 1 is 1.21 bits per heavy atom. The summed E-state index contributed by atoms with van der Waals surface area (Å²) < 4.78 is 43.8. The summed E-state index contributed by atoms with van der Waals surface area (Å²) in [6.07, 6.45) is -4.83. The van der Waals surface area contributed by atoms with Gasteiger partial charge in [-0.3, -0.25) is 4.79 Å². The number of imide groups is 1. The standard InChI is InChI=1S/C15H10ClF3N2O3/c1-7-6-10(12(24-7)15(17,18)19)21-13(22)11(20-14(21)23)8-2-4-9(16)5-3-8/h2-6,11H,1H3,(H,20,23). The van der Waals surface area contributed by atoms with Crippen molar-refractivity contribution in [3.8, 4) is 0 Å². The van der Waals surface area contributed by atoms with Gasteiger partial charge in [0.15, 0.2) is 0 Å². The van der Waals surface area contributed by atoms with E-state index in [1.54, 1.807) is 0 Å². The van der Waals surface area contributed by atoms with Crippen LogP contribution in [0.2, 0.25) is 5.02 Å². The van der Waals surface area contributed by atoms with Crippen LogP contribution in [0.1, 0.15) is 23.1 Å². The molecule has 2 heterocycles. The van der Waals surface area contributed by atoms with Gasteiger partial charge in [-0.1, -0.05) is 23.7 Å². The molecule has 0 radical (unpaired) electrons. The molecule has 3 amide bonds. The van der Waals surface area contributed by atoms with E-state index < -0.39 is 35.6 Å². The molecule has 1 aliphatic heterocycles. The van der Waals surface area contributed by atoms with E-state index in [-0.39, 0.29) is 5.76 Å². The van der Waals surface area contributed by atoms with Crippen LogP contribution >= 0.6 is 11.6 Å². The number of hydrogen-bond donors (Lipinski definition) is 1. The van der Waals surface area contributed by atoms with Gasteiger partial charge in [-0.25, -0.2) is 9.69 Å². The molecule has 1 aromatic heterocycles. The molecule has 1 aliphatic rings. The number of anilines is 1. The van der Waals surface area contributed by atoms with E-state index in [9.17, 15) is 22.8 Å². The molecule has 0 bridgehead atoms. The summed E-state index contributed by atoms with van der Waals surface area (Å²) in [6, 6.07) is 5.02. The molecule has 1 fully saturated rings. The monoisotopic (exact) mass is 358 g/mol. The molecule has 2 aromatic rings. The SMILES string of the molecule is Cc1cc(N2C(=O)NC(c3ccc(Cl)cc3)C2=O)c(C(F)(F)F)o1. The lowest BCUT2D eigenvalue weighted by Gasteiger charge is -2.14. The van der Waals surface area contributed by atoms with Gasteiger partial charge in [0.05, 0.1) is 0 Å². The normalized spacial score (nSPS) is 18.2. The van der Waals surface area contributed by atoms with Gasteiger partial charge in [0, 0.05) is 11.1 Å². The quantitative estimate of drug-likeness (QED) is 0.823. The van der Waals surface area contributed by atoms with E-state index in [1.165, 1.54) is 31.2 Å². The molecule has 24 heavy (non-hydrogen) atoms. The van der Waals surface area contributed by atoms with Crippen molar-refractivity contribution in [3.63, 3.8) is 0 Å². The van der Waals surface area contributed by atoms with Crippen molar-refractivity contribution in [1.29, 1.82) is 0 Å². The average Bonchev–Trinajstić information content (AvgIpc) is 3.00. The van der Waals surface area contributed by atoms with Gasteiger partial charge in [-0.15, -0.1) is 0 Å². The number of urea groups is 1. The Balaban J connectivity index is 2.00. The highest BCUT2D eigenvalue weighted by Crippen LogP contribution is 2.40. The number of nitrogens with zero attached hydrogens (tertiary/aromatic N) is 1. The topological polar surface area (TPSA) is 62.6 Å². The van der Waals surface area contributed by atoms with E-state index in [0.29, 0.717) is 15.5 Å². The van der Waals surface area contributed by atoms with Crippen LogP contribution in [0.5, 0.6) is 0 Å². The highest BCUT2D eigenvalue weighted by Gasteiger charge is 2.47. The molecule has 0 spiro atoms. The molecule has 3 rings (SSSR count). The molecule has 5 nitrogen and oxygen atoms in total. The zero-order chi connectivity index (χ0) is 17.6. The van der Waals surface area contributed by atoms with E-state index in [4.69, 9.17) is 11.6 Å². The Hall–Kier alpha value is -2.48. The van der Waals surface area contributed by atoms with Crippen LogP contribution in [0.15, 0.2) is 34.7 Å². The first-order valence-corrected chi connectivity index (χ1v) is 7.14. The number of hydrogen-bond acceptors (Lipinski definition) is 3.